The SMILES string of the molecule is Cc1cc2c(=O)c3ccccc3oc2cc1CCl. The van der Waals surface area contributed by atoms with E-state index < -0.39 is 0 Å². The predicted molar refractivity (Wildman–Crippen MR) is 74.3 cm³/mol. The van der Waals surface area contributed by atoms with Gasteiger partial charge in [0.05, 0.1) is 10.8 Å². The lowest BCUT2D eigenvalue weighted by Crippen LogP contribution is -2.03. The zero-order chi connectivity index (χ0) is 12.7. The van der Waals surface area contributed by atoms with Crippen LogP contribution in [-0.2, 0) is 5.88 Å². The van der Waals surface area contributed by atoms with Crippen LogP contribution in [0.3, 0.4) is 0 Å². The number of benzene rings is 2. The maximum Gasteiger partial charge on any atom is 0.200 e. The fraction of sp³-hybridized carbons (Fsp3) is 0.133. The van der Waals surface area contributed by atoms with Gasteiger partial charge in [0.2, 0.25) is 5.43 Å². The molecule has 0 radical (unpaired) electrons. The van der Waals surface area contributed by atoms with Crippen molar-refractivity contribution in [2.24, 2.45) is 0 Å². The third kappa shape index (κ3) is 1.61. The fourth-order valence-electron chi connectivity index (χ4n) is 2.14. The average molecular weight is 259 g/mol. The standard InChI is InChI=1S/C15H11ClO2/c1-9-6-12-14(7-10(9)8-16)18-13-5-3-2-4-11(13)15(12)17/h2-7H,8H2,1H3. The van der Waals surface area contributed by atoms with Crippen molar-refractivity contribution in [2.75, 3.05) is 0 Å². The van der Waals surface area contributed by atoms with Crippen LogP contribution in [0.4, 0.5) is 0 Å². The molecule has 3 rings (SSSR count). The highest BCUT2D eigenvalue weighted by molar-refractivity contribution is 6.17. The van der Waals surface area contributed by atoms with Gasteiger partial charge in [0.1, 0.15) is 11.2 Å². The van der Waals surface area contributed by atoms with Gasteiger partial charge in [-0.2, -0.15) is 0 Å². The van der Waals surface area contributed by atoms with Crippen molar-refractivity contribution in [3.05, 3.63) is 57.7 Å². The van der Waals surface area contributed by atoms with Gasteiger partial charge in [-0.15, -0.1) is 11.6 Å². The number of halogens is 1. The Kier molecular flexibility index (Phi) is 2.60. The van der Waals surface area contributed by atoms with Crippen molar-refractivity contribution in [3.8, 4) is 0 Å². The Balaban J connectivity index is 2.52. The summed E-state index contributed by atoms with van der Waals surface area (Å²) < 4.78 is 5.77. The molecule has 0 unspecified atom stereocenters. The molecule has 0 spiro atoms. The number of para-hydroxylation sites is 1. The Bertz CT molecular complexity index is 803. The van der Waals surface area contributed by atoms with Gasteiger partial charge in [-0.1, -0.05) is 12.1 Å². The van der Waals surface area contributed by atoms with Crippen LogP contribution in [0.2, 0.25) is 0 Å². The summed E-state index contributed by atoms with van der Waals surface area (Å²) in [5.41, 5.74) is 3.22. The van der Waals surface area contributed by atoms with Gasteiger partial charge in [-0.3, -0.25) is 4.79 Å². The summed E-state index contributed by atoms with van der Waals surface area (Å²) in [6.45, 7) is 1.95. The van der Waals surface area contributed by atoms with Gasteiger partial charge < -0.3 is 4.42 Å². The summed E-state index contributed by atoms with van der Waals surface area (Å²) in [5, 5.41) is 1.23. The molecule has 0 N–H and O–H groups in total. The zero-order valence-corrected chi connectivity index (χ0v) is 10.6. The molecule has 3 heteroatoms. The van der Waals surface area contributed by atoms with E-state index in [0.29, 0.717) is 27.8 Å². The molecule has 2 nitrogen and oxygen atoms in total. The Hall–Kier alpha value is -1.80. The second-order valence-corrected chi connectivity index (χ2v) is 4.60. The topological polar surface area (TPSA) is 30.2 Å². The molecule has 2 aromatic carbocycles. The van der Waals surface area contributed by atoms with Crippen molar-refractivity contribution in [2.45, 2.75) is 12.8 Å². The van der Waals surface area contributed by atoms with Crippen LogP contribution >= 0.6 is 11.6 Å². The lowest BCUT2D eigenvalue weighted by atomic mass is 10.1. The van der Waals surface area contributed by atoms with Crippen molar-refractivity contribution < 1.29 is 4.42 Å². The maximum atomic E-state index is 12.3. The molecule has 0 aliphatic carbocycles. The van der Waals surface area contributed by atoms with E-state index in [1.54, 1.807) is 12.1 Å². The molecule has 18 heavy (non-hydrogen) atoms. The summed E-state index contributed by atoms with van der Waals surface area (Å²) in [6, 6.07) is 11.0. The molecule has 0 aliphatic heterocycles. The number of hydrogen-bond donors (Lipinski definition) is 0. The number of hydrogen-bond acceptors (Lipinski definition) is 2. The zero-order valence-electron chi connectivity index (χ0n) is 9.87. The van der Waals surface area contributed by atoms with Crippen LogP contribution in [0.5, 0.6) is 0 Å². The van der Waals surface area contributed by atoms with Crippen LogP contribution in [-0.4, -0.2) is 0 Å². The molecule has 0 saturated heterocycles. The second-order valence-electron chi connectivity index (χ2n) is 4.34. The molecule has 0 aliphatic rings. The fourth-order valence-corrected chi connectivity index (χ4v) is 2.43. The Labute approximate surface area is 109 Å². The van der Waals surface area contributed by atoms with Gasteiger partial charge in [0.25, 0.3) is 0 Å². The summed E-state index contributed by atoms with van der Waals surface area (Å²) >= 11 is 5.87. The highest BCUT2D eigenvalue weighted by Crippen LogP contribution is 2.22. The number of alkyl halides is 1. The van der Waals surface area contributed by atoms with Gasteiger partial charge >= 0.3 is 0 Å². The minimum atomic E-state index is 0.0103. The summed E-state index contributed by atoms with van der Waals surface area (Å²) in [5.74, 6) is 0.415. The molecule has 0 atom stereocenters. The minimum absolute atomic E-state index is 0.0103. The molecule has 1 aromatic heterocycles. The summed E-state index contributed by atoms with van der Waals surface area (Å²) in [4.78, 5) is 12.3. The largest absolute Gasteiger partial charge is 0.456 e. The molecular weight excluding hydrogens is 248 g/mol. The maximum absolute atomic E-state index is 12.3. The monoisotopic (exact) mass is 258 g/mol. The second kappa shape index (κ2) is 4.14. The third-order valence-electron chi connectivity index (χ3n) is 3.18. The Morgan fingerprint density at radius 3 is 2.67 bits per heavy atom. The molecular formula is C15H11ClO2. The van der Waals surface area contributed by atoms with E-state index in [1.807, 2.05) is 31.2 Å². The lowest BCUT2D eigenvalue weighted by Gasteiger charge is -2.05. The molecule has 0 bridgehead atoms. The van der Waals surface area contributed by atoms with E-state index >= 15 is 0 Å². The first-order valence-corrected chi connectivity index (χ1v) is 6.25. The van der Waals surface area contributed by atoms with Crippen molar-refractivity contribution in [1.82, 2.24) is 0 Å². The van der Waals surface area contributed by atoms with Crippen LogP contribution in [0.25, 0.3) is 21.9 Å². The van der Waals surface area contributed by atoms with E-state index in [4.69, 9.17) is 16.0 Å². The van der Waals surface area contributed by atoms with Gasteiger partial charge in [0.15, 0.2) is 0 Å². The van der Waals surface area contributed by atoms with Gasteiger partial charge in [-0.25, -0.2) is 0 Å². The Morgan fingerprint density at radius 1 is 1.11 bits per heavy atom. The van der Waals surface area contributed by atoms with E-state index in [9.17, 15) is 4.79 Å². The normalized spacial score (nSPS) is 11.2. The Morgan fingerprint density at radius 2 is 1.89 bits per heavy atom. The first-order chi connectivity index (χ1) is 8.70. The van der Waals surface area contributed by atoms with Crippen LogP contribution in [0.1, 0.15) is 11.1 Å². The van der Waals surface area contributed by atoms with Crippen molar-refractivity contribution >= 4 is 33.5 Å². The minimum Gasteiger partial charge on any atom is -0.456 e. The first kappa shape index (κ1) is 11.3. The summed E-state index contributed by atoms with van der Waals surface area (Å²) in [7, 11) is 0. The van der Waals surface area contributed by atoms with Crippen LogP contribution in [0.15, 0.2) is 45.6 Å². The number of fused-ring (bicyclic) bond motifs is 2. The third-order valence-corrected chi connectivity index (χ3v) is 3.47. The summed E-state index contributed by atoms with van der Waals surface area (Å²) in [6.07, 6.45) is 0. The number of aryl methyl sites for hydroxylation is 1. The van der Waals surface area contributed by atoms with Crippen molar-refractivity contribution in [1.29, 1.82) is 0 Å². The highest BCUT2D eigenvalue weighted by atomic mass is 35.5. The number of rotatable bonds is 1. The molecule has 3 aromatic rings. The van der Waals surface area contributed by atoms with Gasteiger partial charge in [0, 0.05) is 5.88 Å². The van der Waals surface area contributed by atoms with Gasteiger partial charge in [-0.05, 0) is 42.3 Å². The van der Waals surface area contributed by atoms with E-state index in [0.717, 1.165) is 11.1 Å². The van der Waals surface area contributed by atoms with E-state index in [2.05, 4.69) is 0 Å². The van der Waals surface area contributed by atoms with E-state index in [-0.39, 0.29) is 5.43 Å². The van der Waals surface area contributed by atoms with Crippen molar-refractivity contribution in [3.63, 3.8) is 0 Å². The van der Waals surface area contributed by atoms with E-state index in [1.165, 1.54) is 0 Å². The molecule has 0 fully saturated rings. The molecule has 0 amide bonds. The average Bonchev–Trinajstić information content (AvgIpc) is 2.39. The van der Waals surface area contributed by atoms with Crippen LogP contribution in [0, 0.1) is 6.92 Å². The highest BCUT2D eigenvalue weighted by Gasteiger charge is 2.09. The molecule has 1 heterocycles. The lowest BCUT2D eigenvalue weighted by molar-refractivity contribution is 0.659. The van der Waals surface area contributed by atoms with Crippen LogP contribution < -0.4 is 5.43 Å². The molecule has 90 valence electrons. The first-order valence-electron chi connectivity index (χ1n) is 5.72. The predicted octanol–water partition coefficient (Wildman–Crippen LogP) is 3.99. The molecule has 0 saturated carbocycles. The smallest absolute Gasteiger partial charge is 0.200 e. The quantitative estimate of drug-likeness (QED) is 0.488.